The predicted molar refractivity (Wildman–Crippen MR) is 84.1 cm³/mol. The lowest BCUT2D eigenvalue weighted by molar-refractivity contribution is 0.00590. The van der Waals surface area contributed by atoms with Crippen LogP contribution in [-0.2, 0) is 9.47 Å². The van der Waals surface area contributed by atoms with Crippen LogP contribution in [0.5, 0.6) is 0 Å². The van der Waals surface area contributed by atoms with Crippen LogP contribution >= 0.6 is 0 Å². The van der Waals surface area contributed by atoms with Crippen molar-refractivity contribution in [3.63, 3.8) is 0 Å². The van der Waals surface area contributed by atoms with Crippen molar-refractivity contribution in [2.75, 3.05) is 39.5 Å². The zero-order valence-electron chi connectivity index (χ0n) is 13.9. The average Bonchev–Trinajstić information content (AvgIpc) is 2.38. The van der Waals surface area contributed by atoms with E-state index in [4.69, 9.17) is 9.47 Å². The maximum absolute atomic E-state index is 9.79. The Morgan fingerprint density at radius 3 is 2.45 bits per heavy atom. The first kappa shape index (κ1) is 19.8. The zero-order valence-corrected chi connectivity index (χ0v) is 13.9. The molecule has 0 aromatic heterocycles. The van der Waals surface area contributed by atoms with Crippen LogP contribution in [0.4, 0.5) is 0 Å². The number of rotatable bonds is 14. The highest BCUT2D eigenvalue weighted by molar-refractivity contribution is 4.72. The molecule has 0 amide bonds. The van der Waals surface area contributed by atoms with Crippen molar-refractivity contribution in [1.82, 2.24) is 5.32 Å². The van der Waals surface area contributed by atoms with E-state index in [1.54, 1.807) is 0 Å². The Morgan fingerprint density at radius 2 is 1.80 bits per heavy atom. The first-order chi connectivity index (χ1) is 9.52. The molecule has 122 valence electrons. The fraction of sp³-hybridized carbons (Fsp3) is 1.00. The lowest BCUT2D eigenvalue weighted by Crippen LogP contribution is -2.36. The van der Waals surface area contributed by atoms with Crippen molar-refractivity contribution >= 4 is 0 Å². The summed E-state index contributed by atoms with van der Waals surface area (Å²) in [5, 5.41) is 13.1. The third-order valence-corrected chi connectivity index (χ3v) is 3.33. The largest absolute Gasteiger partial charge is 0.389 e. The summed E-state index contributed by atoms with van der Waals surface area (Å²) in [7, 11) is 0. The molecule has 0 bridgehead atoms. The van der Waals surface area contributed by atoms with Gasteiger partial charge in [0.2, 0.25) is 0 Å². The molecule has 1 atom stereocenters. The van der Waals surface area contributed by atoms with Gasteiger partial charge < -0.3 is 19.9 Å². The summed E-state index contributed by atoms with van der Waals surface area (Å²) in [5.74, 6) is 0. The van der Waals surface area contributed by atoms with E-state index in [1.165, 1.54) is 25.7 Å². The van der Waals surface area contributed by atoms with Crippen molar-refractivity contribution in [3.05, 3.63) is 0 Å². The van der Waals surface area contributed by atoms with Gasteiger partial charge in [0.1, 0.15) is 0 Å². The summed E-state index contributed by atoms with van der Waals surface area (Å²) in [4.78, 5) is 0. The molecule has 0 aliphatic carbocycles. The third kappa shape index (κ3) is 12.9. The Bertz CT molecular complexity index is 210. The normalized spacial score (nSPS) is 13.7. The van der Waals surface area contributed by atoms with Gasteiger partial charge in [0.15, 0.2) is 0 Å². The molecule has 20 heavy (non-hydrogen) atoms. The lowest BCUT2D eigenvalue weighted by atomic mass is 9.87. The van der Waals surface area contributed by atoms with E-state index in [0.717, 1.165) is 6.54 Å². The fourth-order valence-corrected chi connectivity index (χ4v) is 2.06. The minimum Gasteiger partial charge on any atom is -0.389 e. The highest BCUT2D eigenvalue weighted by Crippen LogP contribution is 2.22. The van der Waals surface area contributed by atoms with Gasteiger partial charge in [-0.25, -0.2) is 0 Å². The van der Waals surface area contributed by atoms with Gasteiger partial charge in [0.25, 0.3) is 0 Å². The number of aliphatic hydroxyl groups is 1. The standard InChI is InChI=1S/C16H35NO3/c1-5-7-8-9-16(3,4)14-17-12-15(18)13-20-11-10-19-6-2/h15,17-18H,5-14H2,1-4H3. The summed E-state index contributed by atoms with van der Waals surface area (Å²) in [6.45, 7) is 12.5. The summed E-state index contributed by atoms with van der Waals surface area (Å²) in [5.41, 5.74) is 0.296. The van der Waals surface area contributed by atoms with Gasteiger partial charge in [-0.1, -0.05) is 40.0 Å². The molecular formula is C16H35NO3. The number of nitrogens with one attached hydrogen (secondary N) is 1. The van der Waals surface area contributed by atoms with Gasteiger partial charge in [-0.2, -0.15) is 0 Å². The van der Waals surface area contributed by atoms with E-state index >= 15 is 0 Å². The first-order valence-electron chi connectivity index (χ1n) is 8.06. The number of unbranched alkanes of at least 4 members (excludes halogenated alkanes) is 2. The molecular weight excluding hydrogens is 254 g/mol. The molecule has 4 nitrogen and oxygen atoms in total. The van der Waals surface area contributed by atoms with Crippen LogP contribution in [0, 0.1) is 5.41 Å². The van der Waals surface area contributed by atoms with E-state index < -0.39 is 6.10 Å². The minimum absolute atomic E-state index is 0.296. The molecule has 0 radical (unpaired) electrons. The predicted octanol–water partition coefficient (Wildman–Crippen LogP) is 2.60. The minimum atomic E-state index is -0.442. The second-order valence-corrected chi connectivity index (χ2v) is 6.18. The van der Waals surface area contributed by atoms with Crippen molar-refractivity contribution in [2.45, 2.75) is 59.5 Å². The Kier molecular flexibility index (Phi) is 12.5. The molecule has 4 heteroatoms. The van der Waals surface area contributed by atoms with Crippen LogP contribution < -0.4 is 5.32 Å². The fourth-order valence-electron chi connectivity index (χ4n) is 2.06. The molecule has 0 fully saturated rings. The van der Waals surface area contributed by atoms with Crippen LogP contribution in [0.15, 0.2) is 0 Å². The molecule has 0 aromatic rings. The summed E-state index contributed by atoms with van der Waals surface area (Å²) in [6, 6.07) is 0. The van der Waals surface area contributed by atoms with Gasteiger partial charge >= 0.3 is 0 Å². The quantitative estimate of drug-likeness (QED) is 0.483. The molecule has 1 unspecified atom stereocenters. The molecule has 0 saturated carbocycles. The van der Waals surface area contributed by atoms with E-state index in [2.05, 4.69) is 26.1 Å². The second-order valence-electron chi connectivity index (χ2n) is 6.18. The van der Waals surface area contributed by atoms with Crippen LogP contribution in [0.2, 0.25) is 0 Å². The van der Waals surface area contributed by atoms with Gasteiger partial charge in [0, 0.05) is 19.7 Å². The van der Waals surface area contributed by atoms with E-state index in [-0.39, 0.29) is 0 Å². The van der Waals surface area contributed by atoms with Crippen LogP contribution in [0.1, 0.15) is 53.4 Å². The van der Waals surface area contributed by atoms with Crippen molar-refractivity contribution in [1.29, 1.82) is 0 Å². The van der Waals surface area contributed by atoms with Gasteiger partial charge in [-0.3, -0.25) is 0 Å². The molecule has 0 aliphatic rings. The highest BCUT2D eigenvalue weighted by Gasteiger charge is 2.17. The molecule has 0 saturated heterocycles. The molecule has 0 aromatic carbocycles. The Hall–Kier alpha value is -0.160. The summed E-state index contributed by atoms with van der Waals surface area (Å²) >= 11 is 0. The SMILES string of the molecule is CCCCCC(C)(C)CNCC(O)COCCOCC. The van der Waals surface area contributed by atoms with E-state index in [1.807, 2.05) is 6.92 Å². The van der Waals surface area contributed by atoms with Crippen molar-refractivity contribution in [3.8, 4) is 0 Å². The number of hydrogen-bond acceptors (Lipinski definition) is 4. The Labute approximate surface area is 125 Å². The van der Waals surface area contributed by atoms with Gasteiger partial charge in [-0.05, 0) is 18.8 Å². The summed E-state index contributed by atoms with van der Waals surface area (Å²) < 4.78 is 10.5. The van der Waals surface area contributed by atoms with Crippen LogP contribution in [-0.4, -0.2) is 50.7 Å². The molecule has 0 aliphatic heterocycles. The molecule has 2 N–H and O–H groups in total. The van der Waals surface area contributed by atoms with Crippen molar-refractivity contribution in [2.24, 2.45) is 5.41 Å². The number of ether oxygens (including phenoxy) is 2. The maximum atomic E-state index is 9.79. The smallest absolute Gasteiger partial charge is 0.0897 e. The van der Waals surface area contributed by atoms with Crippen LogP contribution in [0.25, 0.3) is 0 Å². The lowest BCUT2D eigenvalue weighted by Gasteiger charge is -2.25. The molecule has 0 spiro atoms. The third-order valence-electron chi connectivity index (χ3n) is 3.33. The Morgan fingerprint density at radius 1 is 1.10 bits per heavy atom. The van der Waals surface area contributed by atoms with Gasteiger partial charge in [0.05, 0.1) is 25.9 Å². The Balaban J connectivity index is 3.51. The van der Waals surface area contributed by atoms with E-state index in [9.17, 15) is 5.11 Å². The van der Waals surface area contributed by atoms with Crippen molar-refractivity contribution < 1.29 is 14.6 Å². The topological polar surface area (TPSA) is 50.7 Å². The molecule has 0 heterocycles. The van der Waals surface area contributed by atoms with Crippen LogP contribution in [0.3, 0.4) is 0 Å². The first-order valence-corrected chi connectivity index (χ1v) is 8.06. The average molecular weight is 289 g/mol. The zero-order chi connectivity index (χ0) is 15.3. The van der Waals surface area contributed by atoms with Gasteiger partial charge in [-0.15, -0.1) is 0 Å². The number of hydrogen-bond donors (Lipinski definition) is 2. The molecule has 0 rings (SSSR count). The highest BCUT2D eigenvalue weighted by atomic mass is 16.5. The monoisotopic (exact) mass is 289 g/mol. The maximum Gasteiger partial charge on any atom is 0.0897 e. The second kappa shape index (κ2) is 12.6. The van der Waals surface area contributed by atoms with E-state index in [0.29, 0.717) is 38.4 Å². The number of aliphatic hydroxyl groups excluding tert-OH is 1. The summed E-state index contributed by atoms with van der Waals surface area (Å²) in [6.07, 6.45) is 4.65.